The van der Waals surface area contributed by atoms with E-state index in [9.17, 15) is 4.79 Å². The van der Waals surface area contributed by atoms with Gasteiger partial charge in [-0.1, -0.05) is 29.8 Å². The molecule has 2 heterocycles. The molecule has 0 saturated carbocycles. The molecule has 0 aliphatic heterocycles. The third-order valence-electron chi connectivity index (χ3n) is 3.30. The van der Waals surface area contributed by atoms with E-state index in [-0.39, 0.29) is 5.91 Å². The van der Waals surface area contributed by atoms with Crippen LogP contribution in [0.5, 0.6) is 0 Å². The van der Waals surface area contributed by atoms with Gasteiger partial charge in [0, 0.05) is 18.7 Å². The molecule has 1 aromatic carbocycles. The van der Waals surface area contributed by atoms with Gasteiger partial charge in [-0.3, -0.25) is 4.79 Å². The van der Waals surface area contributed by atoms with Crippen molar-refractivity contribution >= 4 is 34.4 Å². The predicted octanol–water partition coefficient (Wildman–Crippen LogP) is 3.18. The quantitative estimate of drug-likeness (QED) is 0.739. The van der Waals surface area contributed by atoms with Crippen LogP contribution in [0.4, 0.5) is 5.82 Å². The lowest BCUT2D eigenvalue weighted by molar-refractivity contribution is 0.102. The second-order valence-corrected chi connectivity index (χ2v) is 5.17. The highest BCUT2D eigenvalue weighted by atomic mass is 35.5. The smallest absolute Gasteiger partial charge is 0.257 e. The van der Waals surface area contributed by atoms with Gasteiger partial charge in [-0.05, 0) is 18.6 Å². The molecule has 0 bridgehead atoms. The van der Waals surface area contributed by atoms with Crippen molar-refractivity contribution in [1.82, 2.24) is 14.5 Å². The van der Waals surface area contributed by atoms with E-state index in [0.717, 1.165) is 11.1 Å². The molecule has 0 aliphatic carbocycles. The van der Waals surface area contributed by atoms with Gasteiger partial charge >= 0.3 is 0 Å². The van der Waals surface area contributed by atoms with Gasteiger partial charge in [0.15, 0.2) is 5.82 Å². The molecule has 1 N–H and O–H groups in total. The fourth-order valence-corrected chi connectivity index (χ4v) is 2.37. The number of nitrogens with zero attached hydrogens (tertiary/aromatic N) is 3. The zero-order chi connectivity index (χ0) is 15.0. The summed E-state index contributed by atoms with van der Waals surface area (Å²) in [4.78, 5) is 20.8. The summed E-state index contributed by atoms with van der Waals surface area (Å²) >= 11 is 6.01. The van der Waals surface area contributed by atoms with Crippen molar-refractivity contribution in [2.75, 3.05) is 5.32 Å². The number of nitrogens with one attached hydrogen (secondary N) is 1. The molecule has 0 atom stereocenters. The highest BCUT2D eigenvalue weighted by Gasteiger charge is 2.14. The van der Waals surface area contributed by atoms with Crippen LogP contribution in [-0.2, 0) is 7.05 Å². The standard InChI is InChI=1S/C15H13ClN4O/c1-9-5-3-4-6-10(9)15(21)19-14-13-11(7-12(16)18-14)20(2)8-17-13/h3-8H,1-2H3,(H,18,19,21). The maximum atomic E-state index is 12.4. The Kier molecular flexibility index (Phi) is 3.35. The molecule has 0 radical (unpaired) electrons. The molecule has 3 aromatic rings. The van der Waals surface area contributed by atoms with E-state index in [4.69, 9.17) is 11.6 Å². The van der Waals surface area contributed by atoms with E-state index in [1.54, 1.807) is 18.5 Å². The Labute approximate surface area is 126 Å². The number of imidazole rings is 1. The number of aryl methyl sites for hydroxylation is 2. The van der Waals surface area contributed by atoms with Crippen molar-refractivity contribution in [3.05, 3.63) is 52.9 Å². The largest absolute Gasteiger partial charge is 0.334 e. The molecule has 0 spiro atoms. The number of rotatable bonds is 2. The summed E-state index contributed by atoms with van der Waals surface area (Å²) in [6, 6.07) is 9.08. The van der Waals surface area contributed by atoms with Crippen molar-refractivity contribution in [3.63, 3.8) is 0 Å². The molecule has 3 rings (SSSR count). The first-order valence-corrected chi connectivity index (χ1v) is 6.78. The summed E-state index contributed by atoms with van der Waals surface area (Å²) in [5.41, 5.74) is 2.93. The fourth-order valence-electron chi connectivity index (χ4n) is 2.19. The van der Waals surface area contributed by atoms with Gasteiger partial charge in [0.05, 0.1) is 11.8 Å². The lowest BCUT2D eigenvalue weighted by Crippen LogP contribution is -2.14. The van der Waals surface area contributed by atoms with Crippen LogP contribution in [-0.4, -0.2) is 20.4 Å². The molecular formula is C15H13ClN4O. The normalized spacial score (nSPS) is 10.8. The average Bonchev–Trinajstić information content (AvgIpc) is 2.81. The Hall–Kier alpha value is -2.40. The highest BCUT2D eigenvalue weighted by Crippen LogP contribution is 2.23. The van der Waals surface area contributed by atoms with Crippen LogP contribution < -0.4 is 5.32 Å². The van der Waals surface area contributed by atoms with Crippen LogP contribution in [0.1, 0.15) is 15.9 Å². The van der Waals surface area contributed by atoms with Gasteiger partial charge in [-0.2, -0.15) is 0 Å². The van der Waals surface area contributed by atoms with Crippen molar-refractivity contribution in [2.24, 2.45) is 7.05 Å². The molecule has 2 aromatic heterocycles. The monoisotopic (exact) mass is 300 g/mol. The molecule has 0 unspecified atom stereocenters. The first-order chi connectivity index (χ1) is 10.1. The summed E-state index contributed by atoms with van der Waals surface area (Å²) in [7, 11) is 1.86. The van der Waals surface area contributed by atoms with E-state index in [0.29, 0.717) is 22.1 Å². The Balaban J connectivity index is 2.02. The van der Waals surface area contributed by atoms with E-state index < -0.39 is 0 Å². The van der Waals surface area contributed by atoms with Gasteiger partial charge in [0.25, 0.3) is 5.91 Å². The number of benzene rings is 1. The number of hydrogen-bond donors (Lipinski definition) is 1. The van der Waals surface area contributed by atoms with Crippen molar-refractivity contribution < 1.29 is 4.79 Å². The summed E-state index contributed by atoms with van der Waals surface area (Å²) in [6.45, 7) is 1.89. The number of halogens is 1. The topological polar surface area (TPSA) is 59.8 Å². The summed E-state index contributed by atoms with van der Waals surface area (Å²) in [5.74, 6) is 0.140. The van der Waals surface area contributed by atoms with Crippen molar-refractivity contribution in [3.8, 4) is 0 Å². The molecular weight excluding hydrogens is 288 g/mol. The number of hydrogen-bond acceptors (Lipinski definition) is 3. The Morgan fingerprint density at radius 3 is 2.86 bits per heavy atom. The second-order valence-electron chi connectivity index (χ2n) is 4.79. The maximum absolute atomic E-state index is 12.4. The second kappa shape index (κ2) is 5.18. The number of carbonyl (C=O) groups is 1. The van der Waals surface area contributed by atoms with Crippen LogP contribution in [0.2, 0.25) is 5.15 Å². The first kappa shape index (κ1) is 13.6. The number of carbonyl (C=O) groups excluding carboxylic acids is 1. The van der Waals surface area contributed by atoms with E-state index in [2.05, 4.69) is 15.3 Å². The van der Waals surface area contributed by atoms with Crippen LogP contribution >= 0.6 is 11.6 Å². The van der Waals surface area contributed by atoms with Crippen LogP contribution in [0, 0.1) is 6.92 Å². The van der Waals surface area contributed by atoms with Crippen LogP contribution in [0.15, 0.2) is 36.7 Å². The minimum Gasteiger partial charge on any atom is -0.334 e. The van der Waals surface area contributed by atoms with Crippen LogP contribution in [0.25, 0.3) is 11.0 Å². The zero-order valence-corrected chi connectivity index (χ0v) is 12.3. The van der Waals surface area contributed by atoms with E-state index in [1.165, 1.54) is 0 Å². The molecule has 0 fully saturated rings. The lowest BCUT2D eigenvalue weighted by Gasteiger charge is -2.08. The number of pyridine rings is 1. The van der Waals surface area contributed by atoms with Gasteiger partial charge in [0.2, 0.25) is 0 Å². The molecule has 21 heavy (non-hydrogen) atoms. The Morgan fingerprint density at radius 1 is 1.33 bits per heavy atom. The first-order valence-electron chi connectivity index (χ1n) is 6.41. The van der Waals surface area contributed by atoms with Crippen molar-refractivity contribution in [2.45, 2.75) is 6.92 Å². The maximum Gasteiger partial charge on any atom is 0.257 e. The van der Waals surface area contributed by atoms with Crippen LogP contribution in [0.3, 0.4) is 0 Å². The Morgan fingerprint density at radius 2 is 2.10 bits per heavy atom. The third-order valence-corrected chi connectivity index (χ3v) is 3.50. The number of fused-ring (bicyclic) bond motifs is 1. The lowest BCUT2D eigenvalue weighted by atomic mass is 10.1. The number of anilines is 1. The number of aromatic nitrogens is 3. The van der Waals surface area contributed by atoms with Gasteiger partial charge in [-0.15, -0.1) is 0 Å². The SMILES string of the molecule is Cc1ccccc1C(=O)Nc1nc(Cl)cc2c1ncn2C. The Bertz CT molecular complexity index is 841. The molecule has 1 amide bonds. The highest BCUT2D eigenvalue weighted by molar-refractivity contribution is 6.30. The third kappa shape index (κ3) is 2.48. The van der Waals surface area contributed by atoms with Gasteiger partial charge < -0.3 is 9.88 Å². The molecule has 0 saturated heterocycles. The summed E-state index contributed by atoms with van der Waals surface area (Å²) in [5, 5.41) is 3.10. The molecule has 106 valence electrons. The average molecular weight is 301 g/mol. The molecule has 0 aliphatic rings. The summed E-state index contributed by atoms with van der Waals surface area (Å²) < 4.78 is 1.83. The fraction of sp³-hybridized carbons (Fsp3) is 0.133. The minimum atomic E-state index is -0.227. The predicted molar refractivity (Wildman–Crippen MR) is 82.7 cm³/mol. The molecule has 6 heteroatoms. The zero-order valence-electron chi connectivity index (χ0n) is 11.6. The molecule has 5 nitrogen and oxygen atoms in total. The summed E-state index contributed by atoms with van der Waals surface area (Å²) in [6.07, 6.45) is 1.66. The van der Waals surface area contributed by atoms with E-state index >= 15 is 0 Å². The number of amides is 1. The van der Waals surface area contributed by atoms with Crippen molar-refractivity contribution in [1.29, 1.82) is 0 Å². The van der Waals surface area contributed by atoms with Gasteiger partial charge in [-0.25, -0.2) is 9.97 Å². The minimum absolute atomic E-state index is 0.227. The van der Waals surface area contributed by atoms with Gasteiger partial charge in [0.1, 0.15) is 10.7 Å². The van der Waals surface area contributed by atoms with E-state index in [1.807, 2.05) is 36.7 Å².